The maximum atomic E-state index is 12.8. The Morgan fingerprint density at radius 3 is 0.873 bits per heavy atom. The minimum Gasteiger partial charge on any atom is -0.462 e. The Hall–Kier alpha value is -4.71. The van der Waals surface area contributed by atoms with E-state index in [2.05, 4.69) is 154 Å². The molecule has 0 saturated heterocycles. The molecule has 0 saturated carbocycles. The predicted octanol–water partition coefficient (Wildman–Crippen LogP) is 19.2. The van der Waals surface area contributed by atoms with Crippen LogP contribution in [0.25, 0.3) is 0 Å². The van der Waals surface area contributed by atoms with Gasteiger partial charge in [0, 0.05) is 19.3 Å². The molecule has 0 unspecified atom stereocenters. The third-order valence-corrected chi connectivity index (χ3v) is 11.3. The lowest BCUT2D eigenvalue weighted by Gasteiger charge is -2.18. The Bertz CT molecular complexity index is 1590. The van der Waals surface area contributed by atoms with Crippen LogP contribution in [0.5, 0.6) is 0 Å². The number of rotatable bonds is 49. The number of unbranched alkanes of at least 4 members (excludes halogenated alkanes) is 14. The molecule has 71 heavy (non-hydrogen) atoms. The van der Waals surface area contributed by atoms with E-state index in [-0.39, 0.29) is 44.4 Å². The zero-order valence-corrected chi connectivity index (χ0v) is 45.4. The van der Waals surface area contributed by atoms with Crippen LogP contribution in [0.1, 0.15) is 226 Å². The van der Waals surface area contributed by atoms with E-state index >= 15 is 0 Å². The van der Waals surface area contributed by atoms with Gasteiger partial charge in [-0.15, -0.1) is 0 Å². The third kappa shape index (κ3) is 56.1. The number of hydrogen-bond donors (Lipinski definition) is 0. The Morgan fingerprint density at radius 1 is 0.282 bits per heavy atom. The van der Waals surface area contributed by atoms with Crippen molar-refractivity contribution in [3.05, 3.63) is 146 Å². The Morgan fingerprint density at radius 2 is 0.535 bits per heavy atom. The van der Waals surface area contributed by atoms with Gasteiger partial charge in [-0.2, -0.15) is 0 Å². The third-order valence-electron chi connectivity index (χ3n) is 11.3. The molecule has 0 spiro atoms. The number of hydrogen-bond acceptors (Lipinski definition) is 6. The molecule has 0 fully saturated rings. The van der Waals surface area contributed by atoms with Gasteiger partial charge in [-0.1, -0.05) is 224 Å². The highest BCUT2D eigenvalue weighted by atomic mass is 16.6. The van der Waals surface area contributed by atoms with Crippen LogP contribution in [0.2, 0.25) is 0 Å². The Balaban J connectivity index is 4.69. The van der Waals surface area contributed by atoms with Crippen molar-refractivity contribution < 1.29 is 28.6 Å². The largest absolute Gasteiger partial charge is 0.462 e. The summed E-state index contributed by atoms with van der Waals surface area (Å²) in [4.78, 5) is 38.1. The molecule has 6 nitrogen and oxygen atoms in total. The van der Waals surface area contributed by atoms with Crippen LogP contribution in [-0.2, 0) is 28.6 Å². The smallest absolute Gasteiger partial charge is 0.306 e. The summed E-state index contributed by atoms with van der Waals surface area (Å²) in [7, 11) is 0. The van der Waals surface area contributed by atoms with Crippen molar-refractivity contribution in [3.8, 4) is 0 Å². The fourth-order valence-electron chi connectivity index (χ4n) is 7.02. The topological polar surface area (TPSA) is 78.9 Å². The molecule has 0 aliphatic heterocycles. The molecule has 398 valence electrons. The average Bonchev–Trinajstić information content (AvgIpc) is 3.37. The SMILES string of the molecule is CCCCC/C=C\C/C=C\C/C=C\C/C=C\C/C=C\CCC(=O)O[C@H](COC(=O)CCC/C=C\C/C=C\C/C=C\C/C=C\CCCCC)COC(=O)CCC/C=C\C/C=C\C/C=C\CCCCCCCC. The normalized spacial score (nSPS) is 13.2. The van der Waals surface area contributed by atoms with Gasteiger partial charge in [0.2, 0.25) is 0 Å². The van der Waals surface area contributed by atoms with E-state index in [0.717, 1.165) is 70.6 Å². The van der Waals surface area contributed by atoms with Gasteiger partial charge in [0.25, 0.3) is 0 Å². The zero-order chi connectivity index (χ0) is 51.4. The molecular formula is C65H102O6. The Labute approximate surface area is 436 Å². The van der Waals surface area contributed by atoms with Crippen molar-refractivity contribution >= 4 is 17.9 Å². The molecule has 0 rings (SSSR count). The quantitative estimate of drug-likeness (QED) is 0.0262. The number of ether oxygens (including phenoxy) is 3. The molecule has 1 atom stereocenters. The second kappa shape index (κ2) is 57.9. The van der Waals surface area contributed by atoms with Crippen molar-refractivity contribution in [2.75, 3.05) is 13.2 Å². The van der Waals surface area contributed by atoms with E-state index in [1.807, 2.05) is 12.2 Å². The number of carbonyl (C=O) groups excluding carboxylic acids is 3. The lowest BCUT2D eigenvalue weighted by atomic mass is 10.1. The van der Waals surface area contributed by atoms with Gasteiger partial charge in [-0.25, -0.2) is 0 Å². The summed E-state index contributed by atoms with van der Waals surface area (Å²) in [6, 6.07) is 0. The second-order valence-electron chi connectivity index (χ2n) is 18.1. The molecule has 0 aliphatic carbocycles. The van der Waals surface area contributed by atoms with Crippen LogP contribution in [0.3, 0.4) is 0 Å². The molecule has 6 heteroatoms. The van der Waals surface area contributed by atoms with E-state index in [9.17, 15) is 14.4 Å². The zero-order valence-electron chi connectivity index (χ0n) is 45.4. The highest BCUT2D eigenvalue weighted by Gasteiger charge is 2.19. The number of allylic oxidation sites excluding steroid dienone is 24. The van der Waals surface area contributed by atoms with Crippen LogP contribution in [-0.4, -0.2) is 37.2 Å². The lowest BCUT2D eigenvalue weighted by molar-refractivity contribution is -0.166. The summed E-state index contributed by atoms with van der Waals surface area (Å²) in [6.45, 7) is 6.41. The van der Waals surface area contributed by atoms with Gasteiger partial charge in [0.1, 0.15) is 13.2 Å². The molecule has 0 N–H and O–H groups in total. The molecule has 0 bridgehead atoms. The van der Waals surface area contributed by atoms with E-state index in [0.29, 0.717) is 19.3 Å². The van der Waals surface area contributed by atoms with Crippen molar-refractivity contribution in [2.45, 2.75) is 232 Å². The highest BCUT2D eigenvalue weighted by molar-refractivity contribution is 5.71. The average molecular weight is 980 g/mol. The van der Waals surface area contributed by atoms with E-state index in [1.165, 1.54) is 96.3 Å². The van der Waals surface area contributed by atoms with Gasteiger partial charge >= 0.3 is 17.9 Å². The van der Waals surface area contributed by atoms with Crippen molar-refractivity contribution in [1.29, 1.82) is 0 Å². The van der Waals surface area contributed by atoms with Crippen LogP contribution < -0.4 is 0 Å². The summed E-state index contributed by atoms with van der Waals surface area (Å²) in [5.41, 5.74) is 0. The van der Waals surface area contributed by atoms with Crippen LogP contribution in [0.15, 0.2) is 146 Å². The predicted molar refractivity (Wildman–Crippen MR) is 306 cm³/mol. The van der Waals surface area contributed by atoms with Gasteiger partial charge in [0.05, 0.1) is 0 Å². The number of carbonyl (C=O) groups is 3. The van der Waals surface area contributed by atoms with Crippen molar-refractivity contribution in [2.24, 2.45) is 0 Å². The first-order chi connectivity index (χ1) is 35.0. The van der Waals surface area contributed by atoms with Gasteiger partial charge < -0.3 is 14.2 Å². The van der Waals surface area contributed by atoms with E-state index < -0.39 is 12.1 Å². The van der Waals surface area contributed by atoms with Gasteiger partial charge in [-0.3, -0.25) is 14.4 Å². The summed E-state index contributed by atoms with van der Waals surface area (Å²) in [5, 5.41) is 0. The van der Waals surface area contributed by atoms with Gasteiger partial charge in [0.15, 0.2) is 6.10 Å². The Kier molecular flexibility index (Phi) is 54.0. The molecular weight excluding hydrogens is 877 g/mol. The van der Waals surface area contributed by atoms with Crippen LogP contribution >= 0.6 is 0 Å². The first kappa shape index (κ1) is 66.3. The second-order valence-corrected chi connectivity index (χ2v) is 18.1. The van der Waals surface area contributed by atoms with Gasteiger partial charge in [-0.05, 0) is 128 Å². The monoisotopic (exact) mass is 979 g/mol. The molecule has 0 amide bonds. The van der Waals surface area contributed by atoms with Crippen LogP contribution in [0, 0.1) is 0 Å². The summed E-state index contributed by atoms with van der Waals surface area (Å²) >= 11 is 0. The standard InChI is InChI=1S/C65H102O6/c1-4-7-10-13-16-19-22-25-28-31-32-35-38-41-44-47-50-53-56-59-65(68)71-62(60-69-63(66)57-54-51-48-45-42-39-36-33-29-26-23-20-17-14-11-8-5-2)61-70-64(67)58-55-52-49-46-43-40-37-34-30-27-24-21-18-15-12-9-6-3/h16-17,19-20,25-30,32,35-37,39-41,44-46,48-50,53,62H,4-15,18,21-24,31,33-34,38,42-43,47,51-52,54-61H2,1-3H3/b19-16-,20-17-,28-25-,29-26-,30-27-,35-32-,39-36-,40-37-,44-41-,48-45-,49-46-,53-50-/t62-/m1/s1. The minimum absolute atomic E-state index is 0.157. The fraction of sp³-hybridized carbons (Fsp3) is 0.585. The molecule has 0 heterocycles. The first-order valence-corrected chi connectivity index (χ1v) is 28.3. The van der Waals surface area contributed by atoms with E-state index in [1.54, 1.807) is 0 Å². The first-order valence-electron chi connectivity index (χ1n) is 28.3. The summed E-state index contributed by atoms with van der Waals surface area (Å²) in [6.07, 6.45) is 82.8. The fourth-order valence-corrected chi connectivity index (χ4v) is 7.02. The maximum absolute atomic E-state index is 12.8. The minimum atomic E-state index is -0.867. The molecule has 0 aliphatic rings. The number of esters is 3. The van der Waals surface area contributed by atoms with E-state index in [4.69, 9.17) is 14.2 Å². The van der Waals surface area contributed by atoms with Crippen molar-refractivity contribution in [1.82, 2.24) is 0 Å². The molecule has 0 aromatic carbocycles. The molecule has 0 aromatic rings. The highest BCUT2D eigenvalue weighted by Crippen LogP contribution is 2.10. The summed E-state index contributed by atoms with van der Waals surface area (Å²) < 4.78 is 16.7. The molecule has 0 radical (unpaired) electrons. The van der Waals surface area contributed by atoms with Crippen LogP contribution in [0.4, 0.5) is 0 Å². The molecule has 0 aromatic heterocycles. The van der Waals surface area contributed by atoms with Crippen molar-refractivity contribution in [3.63, 3.8) is 0 Å². The lowest BCUT2D eigenvalue weighted by Crippen LogP contribution is -2.30. The summed E-state index contributed by atoms with van der Waals surface area (Å²) in [5.74, 6) is -1.15. The maximum Gasteiger partial charge on any atom is 0.306 e.